The summed E-state index contributed by atoms with van der Waals surface area (Å²) in [7, 11) is 1.35. The number of methoxy groups -OCH3 is 1. The Morgan fingerprint density at radius 2 is 1.89 bits per heavy atom. The molecule has 0 aliphatic heterocycles. The quantitative estimate of drug-likeness (QED) is 0.159. The molecule has 3 aromatic carbocycles. The molecule has 184 valence electrons. The van der Waals surface area contributed by atoms with Crippen molar-refractivity contribution in [1.82, 2.24) is 15.0 Å². The first-order chi connectivity index (χ1) is 18.1. The molecule has 2 aromatic heterocycles. The summed E-state index contributed by atoms with van der Waals surface area (Å²) >= 11 is 0. The Kier molecular flexibility index (Phi) is 6.63. The molecule has 0 bridgehead atoms. The number of aromatic amines is 2. The lowest BCUT2D eigenvalue weighted by atomic mass is 10.0. The van der Waals surface area contributed by atoms with Crippen LogP contribution >= 0.6 is 0 Å². The van der Waals surface area contributed by atoms with Gasteiger partial charge >= 0.3 is 5.97 Å². The van der Waals surface area contributed by atoms with Crippen molar-refractivity contribution in [2.75, 3.05) is 7.11 Å². The number of ketones is 1. The Bertz CT molecular complexity index is 1610. The van der Waals surface area contributed by atoms with Crippen LogP contribution < -0.4 is 4.74 Å². The highest BCUT2D eigenvalue weighted by Gasteiger charge is 2.15. The van der Waals surface area contributed by atoms with E-state index in [1.807, 2.05) is 30.3 Å². The highest BCUT2D eigenvalue weighted by molar-refractivity contribution is 6.08. The number of fused-ring (bicyclic) bond motifs is 1. The molecule has 0 fully saturated rings. The number of aromatic nitrogens is 3. The molecule has 8 nitrogen and oxygen atoms in total. The van der Waals surface area contributed by atoms with Gasteiger partial charge in [-0.2, -0.15) is 0 Å². The Hall–Kier alpha value is -4.98. The summed E-state index contributed by atoms with van der Waals surface area (Å²) in [5, 5.41) is 0.784. The first-order valence-electron chi connectivity index (χ1n) is 11.6. The van der Waals surface area contributed by atoms with E-state index in [-0.39, 0.29) is 18.2 Å². The largest absolute Gasteiger partial charge is 0.469 e. The molecule has 0 saturated carbocycles. The molecule has 37 heavy (non-hydrogen) atoms. The molecule has 0 aliphatic carbocycles. The van der Waals surface area contributed by atoms with E-state index in [4.69, 9.17) is 4.74 Å². The van der Waals surface area contributed by atoms with Gasteiger partial charge in [-0.1, -0.05) is 30.3 Å². The fourth-order valence-electron chi connectivity index (χ4n) is 4.14. The summed E-state index contributed by atoms with van der Waals surface area (Å²) < 4.78 is 10.7. The third-order valence-corrected chi connectivity index (χ3v) is 6.04. The zero-order valence-corrected chi connectivity index (χ0v) is 20.0. The van der Waals surface area contributed by atoms with Crippen molar-refractivity contribution in [3.8, 4) is 22.9 Å². The predicted molar refractivity (Wildman–Crippen MR) is 138 cm³/mol. The van der Waals surface area contributed by atoms with Gasteiger partial charge in [0.2, 0.25) is 5.78 Å². The van der Waals surface area contributed by atoms with Crippen LogP contribution in [0.2, 0.25) is 0 Å². The number of imidazole rings is 1. The summed E-state index contributed by atoms with van der Waals surface area (Å²) in [6, 6.07) is 19.8. The summed E-state index contributed by atoms with van der Waals surface area (Å²) in [6.07, 6.45) is 4.78. The van der Waals surface area contributed by atoms with Crippen molar-refractivity contribution in [3.05, 3.63) is 102 Å². The number of aryl methyl sites for hydroxylation is 1. The molecular formula is C29H23N3O5. The Labute approximate surface area is 212 Å². The van der Waals surface area contributed by atoms with Crippen molar-refractivity contribution < 1.29 is 23.9 Å². The van der Waals surface area contributed by atoms with Gasteiger partial charge in [0.25, 0.3) is 0 Å². The lowest BCUT2D eigenvalue weighted by Crippen LogP contribution is -2.04. The van der Waals surface area contributed by atoms with Crippen LogP contribution in [0, 0.1) is 0 Å². The molecule has 0 radical (unpaired) electrons. The molecule has 5 rings (SSSR count). The number of aldehydes is 1. The standard InChI is InChI=1S/C29H23N3O5/c1-36-27(34)11-8-18-4-2-5-19(14-18)28(35)25-16-31-29(32-25)20-6-3-7-21(15-20)37-26-10-9-24-22(12-13-30-24)23(26)17-33/h2-7,9-10,12-17,30H,8,11H2,1H3,(H,31,32). The minimum absolute atomic E-state index is 0.207. The fourth-order valence-corrected chi connectivity index (χ4v) is 4.14. The van der Waals surface area contributed by atoms with Crippen LogP contribution in [0.5, 0.6) is 11.5 Å². The number of hydrogen-bond acceptors (Lipinski definition) is 6. The van der Waals surface area contributed by atoms with Gasteiger partial charge in [-0.05, 0) is 48.4 Å². The molecule has 2 N–H and O–H groups in total. The molecule has 5 aromatic rings. The first-order valence-corrected chi connectivity index (χ1v) is 11.6. The highest BCUT2D eigenvalue weighted by atomic mass is 16.5. The van der Waals surface area contributed by atoms with Crippen LogP contribution in [0.4, 0.5) is 0 Å². The second-order valence-corrected chi connectivity index (χ2v) is 8.42. The molecule has 0 spiro atoms. The minimum Gasteiger partial charge on any atom is -0.469 e. The van der Waals surface area contributed by atoms with Crippen LogP contribution in [-0.2, 0) is 16.0 Å². The zero-order chi connectivity index (χ0) is 25.8. The number of benzene rings is 3. The summed E-state index contributed by atoms with van der Waals surface area (Å²) in [6.45, 7) is 0. The number of carbonyl (C=O) groups excluding carboxylic acids is 3. The number of H-pyrrole nitrogens is 2. The molecular weight excluding hydrogens is 470 g/mol. The molecule has 2 heterocycles. The average molecular weight is 494 g/mol. The monoisotopic (exact) mass is 493 g/mol. The summed E-state index contributed by atoms with van der Waals surface area (Å²) in [4.78, 5) is 46.8. The minimum atomic E-state index is -0.298. The van der Waals surface area contributed by atoms with Crippen molar-refractivity contribution in [3.63, 3.8) is 0 Å². The van der Waals surface area contributed by atoms with Crippen LogP contribution in [0.15, 0.2) is 79.1 Å². The first kappa shape index (κ1) is 23.7. The number of ether oxygens (including phenoxy) is 2. The van der Waals surface area contributed by atoms with Crippen molar-refractivity contribution in [2.24, 2.45) is 0 Å². The van der Waals surface area contributed by atoms with Gasteiger partial charge in [0, 0.05) is 34.6 Å². The lowest BCUT2D eigenvalue weighted by Gasteiger charge is -2.10. The van der Waals surface area contributed by atoms with Gasteiger partial charge in [-0.25, -0.2) is 4.98 Å². The number of nitrogens with one attached hydrogen (secondary N) is 2. The SMILES string of the molecule is COC(=O)CCc1cccc(C(=O)c2cnc(-c3cccc(Oc4ccc5[nH]ccc5c4C=O)c3)[nH]2)c1. The van der Waals surface area contributed by atoms with E-state index in [2.05, 4.69) is 19.7 Å². The summed E-state index contributed by atoms with van der Waals surface area (Å²) in [5.41, 5.74) is 3.74. The maximum Gasteiger partial charge on any atom is 0.305 e. The molecule has 0 saturated heterocycles. The Balaban J connectivity index is 1.35. The smallest absolute Gasteiger partial charge is 0.305 e. The maximum absolute atomic E-state index is 13.1. The highest BCUT2D eigenvalue weighted by Crippen LogP contribution is 2.31. The van der Waals surface area contributed by atoms with E-state index in [0.717, 1.165) is 28.3 Å². The number of hydrogen-bond donors (Lipinski definition) is 2. The molecule has 0 aliphatic rings. The molecule has 0 unspecified atom stereocenters. The number of esters is 1. The van der Waals surface area contributed by atoms with Crippen molar-refractivity contribution >= 4 is 28.9 Å². The van der Waals surface area contributed by atoms with Gasteiger partial charge in [0.1, 0.15) is 23.0 Å². The van der Waals surface area contributed by atoms with E-state index in [0.29, 0.717) is 40.6 Å². The van der Waals surface area contributed by atoms with Crippen molar-refractivity contribution in [1.29, 1.82) is 0 Å². The molecule has 8 heteroatoms. The summed E-state index contributed by atoms with van der Waals surface area (Å²) in [5.74, 6) is 0.974. The van der Waals surface area contributed by atoms with Gasteiger partial charge < -0.3 is 19.4 Å². The Morgan fingerprint density at radius 3 is 2.73 bits per heavy atom. The van der Waals surface area contributed by atoms with Gasteiger partial charge in [-0.15, -0.1) is 0 Å². The Morgan fingerprint density at radius 1 is 1.03 bits per heavy atom. The van der Waals surface area contributed by atoms with Crippen LogP contribution in [0.25, 0.3) is 22.3 Å². The molecule has 0 amide bonds. The van der Waals surface area contributed by atoms with E-state index in [9.17, 15) is 14.4 Å². The number of carbonyl (C=O) groups is 3. The van der Waals surface area contributed by atoms with Crippen LogP contribution in [-0.4, -0.2) is 40.1 Å². The number of rotatable bonds is 9. The lowest BCUT2D eigenvalue weighted by molar-refractivity contribution is -0.140. The zero-order valence-electron chi connectivity index (χ0n) is 20.0. The van der Waals surface area contributed by atoms with Crippen LogP contribution in [0.3, 0.4) is 0 Å². The topological polar surface area (TPSA) is 114 Å². The van der Waals surface area contributed by atoms with Gasteiger partial charge in [0.15, 0.2) is 6.29 Å². The second-order valence-electron chi connectivity index (χ2n) is 8.42. The van der Waals surface area contributed by atoms with E-state index < -0.39 is 0 Å². The van der Waals surface area contributed by atoms with E-state index >= 15 is 0 Å². The van der Waals surface area contributed by atoms with Crippen molar-refractivity contribution in [2.45, 2.75) is 12.8 Å². The fraction of sp³-hybridized carbons (Fsp3) is 0.103. The third kappa shape index (κ3) is 5.04. The van der Waals surface area contributed by atoms with Gasteiger partial charge in [-0.3, -0.25) is 14.4 Å². The predicted octanol–water partition coefficient (Wildman–Crippen LogP) is 5.50. The van der Waals surface area contributed by atoms with Gasteiger partial charge in [0.05, 0.1) is 18.9 Å². The second kappa shape index (κ2) is 10.3. The van der Waals surface area contributed by atoms with E-state index in [1.54, 1.807) is 42.6 Å². The average Bonchev–Trinajstić information content (AvgIpc) is 3.62. The van der Waals surface area contributed by atoms with E-state index in [1.165, 1.54) is 13.3 Å². The van der Waals surface area contributed by atoms with Crippen LogP contribution in [0.1, 0.15) is 38.4 Å². The maximum atomic E-state index is 13.1. The number of nitrogens with zero attached hydrogens (tertiary/aromatic N) is 1. The molecule has 0 atom stereocenters. The third-order valence-electron chi connectivity index (χ3n) is 6.04. The normalized spacial score (nSPS) is 10.8.